The van der Waals surface area contributed by atoms with Crippen molar-refractivity contribution < 1.29 is 18.0 Å². The molecule has 1 amide bonds. The van der Waals surface area contributed by atoms with Crippen molar-refractivity contribution in [3.63, 3.8) is 0 Å². The average Bonchev–Trinajstić information content (AvgIpc) is 3.37. The molecule has 8 nitrogen and oxygen atoms in total. The van der Waals surface area contributed by atoms with Gasteiger partial charge in [-0.1, -0.05) is 12.0 Å². The Morgan fingerprint density at radius 2 is 1.76 bits per heavy atom. The lowest BCUT2D eigenvalue weighted by Gasteiger charge is -2.20. The van der Waals surface area contributed by atoms with E-state index in [1.165, 1.54) is 43.0 Å². The lowest BCUT2D eigenvalue weighted by Crippen LogP contribution is -2.21. The van der Waals surface area contributed by atoms with Gasteiger partial charge in [-0.05, 0) is 76.8 Å². The second-order valence-electron chi connectivity index (χ2n) is 9.19. The van der Waals surface area contributed by atoms with Crippen LogP contribution in [0.5, 0.6) is 0 Å². The van der Waals surface area contributed by atoms with Crippen LogP contribution in [0.25, 0.3) is 0 Å². The minimum absolute atomic E-state index is 0.0520. The largest absolute Gasteiger partial charge is 0.416 e. The van der Waals surface area contributed by atoms with E-state index in [2.05, 4.69) is 32.1 Å². The zero-order chi connectivity index (χ0) is 27.7. The number of nitrogens with one attached hydrogen (secondary N) is 1. The molecule has 0 aliphatic carbocycles. The first-order chi connectivity index (χ1) is 18.0. The molecule has 3 aromatic rings. The highest BCUT2D eigenvalue weighted by atomic mass is 19.4. The number of alkyl halides is 3. The Hall–Kier alpha value is -4.01. The molecule has 0 radical (unpaired) electrons. The van der Waals surface area contributed by atoms with E-state index in [9.17, 15) is 18.0 Å². The minimum Gasteiger partial charge on any atom is -0.382 e. The summed E-state index contributed by atoms with van der Waals surface area (Å²) in [6, 6.07) is 5.37. The first-order valence-electron chi connectivity index (χ1n) is 11.9. The van der Waals surface area contributed by atoms with Gasteiger partial charge in [-0.15, -0.1) is 0 Å². The number of likely N-dealkylation sites (tertiary alicyclic amines) is 1. The summed E-state index contributed by atoms with van der Waals surface area (Å²) < 4.78 is 41.1. The first-order valence-corrected chi connectivity index (χ1v) is 11.9. The SMILES string of the molecule is CN(C)C.Nc1cnc(C#Cc2cncc(C(=O)Nc3ccc(CN4CCCC4)c(C(F)(F)F)c3)c2)cn1. The fraction of sp³-hybridized carbons (Fsp3) is 0.333. The van der Waals surface area contributed by atoms with Crippen LogP contribution in [0, 0.1) is 11.8 Å². The minimum atomic E-state index is -4.53. The third-order valence-corrected chi connectivity index (χ3v) is 5.27. The van der Waals surface area contributed by atoms with Crippen LogP contribution in [0.1, 0.15) is 45.6 Å². The van der Waals surface area contributed by atoms with Gasteiger partial charge in [0, 0.05) is 30.2 Å². The average molecular weight is 526 g/mol. The second-order valence-corrected chi connectivity index (χ2v) is 9.19. The van der Waals surface area contributed by atoms with Crippen molar-refractivity contribution in [3.05, 3.63) is 77.0 Å². The van der Waals surface area contributed by atoms with Crippen LogP contribution < -0.4 is 11.1 Å². The Morgan fingerprint density at radius 3 is 2.39 bits per heavy atom. The first kappa shape index (κ1) is 28.6. The fourth-order valence-electron chi connectivity index (χ4n) is 3.61. The van der Waals surface area contributed by atoms with Crippen LogP contribution in [0.15, 0.2) is 49.1 Å². The van der Waals surface area contributed by atoms with Gasteiger partial charge in [0.05, 0.1) is 23.5 Å². The molecule has 38 heavy (non-hydrogen) atoms. The van der Waals surface area contributed by atoms with Crippen molar-refractivity contribution in [1.29, 1.82) is 0 Å². The molecule has 1 saturated heterocycles. The summed E-state index contributed by atoms with van der Waals surface area (Å²) in [6.07, 6.45) is 3.01. The number of carbonyl (C=O) groups excluding carboxylic acids is 1. The number of hydrogen-bond acceptors (Lipinski definition) is 7. The van der Waals surface area contributed by atoms with Gasteiger partial charge in [0.15, 0.2) is 0 Å². The lowest BCUT2D eigenvalue weighted by molar-refractivity contribution is -0.138. The van der Waals surface area contributed by atoms with Crippen LogP contribution in [0.3, 0.4) is 0 Å². The van der Waals surface area contributed by atoms with Gasteiger partial charge in [-0.3, -0.25) is 14.7 Å². The van der Waals surface area contributed by atoms with Gasteiger partial charge in [-0.2, -0.15) is 13.2 Å². The normalized spacial score (nSPS) is 13.3. The summed E-state index contributed by atoms with van der Waals surface area (Å²) in [5, 5.41) is 2.52. The van der Waals surface area contributed by atoms with Crippen molar-refractivity contribution in [1.82, 2.24) is 24.8 Å². The molecule has 3 N–H and O–H groups in total. The van der Waals surface area contributed by atoms with Crippen molar-refractivity contribution in [2.45, 2.75) is 25.6 Å². The van der Waals surface area contributed by atoms with Crippen LogP contribution in [0.2, 0.25) is 0 Å². The second kappa shape index (κ2) is 13.0. The number of pyridine rings is 1. The van der Waals surface area contributed by atoms with Crippen molar-refractivity contribution in [3.8, 4) is 11.8 Å². The predicted molar refractivity (Wildman–Crippen MR) is 140 cm³/mol. The number of amides is 1. The van der Waals surface area contributed by atoms with E-state index in [0.717, 1.165) is 32.0 Å². The maximum Gasteiger partial charge on any atom is 0.416 e. The number of hydrogen-bond donors (Lipinski definition) is 2. The van der Waals surface area contributed by atoms with Gasteiger partial charge >= 0.3 is 6.18 Å². The molecule has 1 aromatic carbocycles. The smallest absolute Gasteiger partial charge is 0.382 e. The zero-order valence-corrected chi connectivity index (χ0v) is 21.5. The molecule has 0 atom stereocenters. The molecular weight excluding hydrogens is 495 g/mol. The highest BCUT2D eigenvalue weighted by Gasteiger charge is 2.34. The molecular formula is C27H30F3N7O. The number of rotatable bonds is 4. The van der Waals surface area contributed by atoms with Crippen molar-refractivity contribution in [2.75, 3.05) is 45.3 Å². The quantitative estimate of drug-likeness (QED) is 0.499. The third-order valence-electron chi connectivity index (χ3n) is 5.27. The number of nitrogens with two attached hydrogens (primary N) is 1. The van der Waals surface area contributed by atoms with Crippen molar-refractivity contribution in [2.24, 2.45) is 0 Å². The van der Waals surface area contributed by atoms with Crippen LogP contribution >= 0.6 is 0 Å². The molecule has 0 spiro atoms. The maximum atomic E-state index is 13.7. The number of nitrogens with zero attached hydrogens (tertiary/aromatic N) is 5. The standard InChI is InChI=1S/C24H21F3N6O.C3H9N/c25-24(26,27)21-10-19(6-4-17(21)15-33-7-1-2-8-33)32-23(34)18-9-16(11-29-12-18)3-5-20-13-31-22(28)14-30-20;1-4(2)3/h4,6,9-14H,1-2,7-8,15H2,(H2,28,31)(H,32,34);1-3H3. The highest BCUT2D eigenvalue weighted by Crippen LogP contribution is 2.35. The van der Waals surface area contributed by atoms with Crippen molar-refractivity contribution >= 4 is 17.4 Å². The Kier molecular flexibility index (Phi) is 9.76. The lowest BCUT2D eigenvalue weighted by atomic mass is 10.0. The Morgan fingerprint density at radius 1 is 1.05 bits per heavy atom. The van der Waals surface area contributed by atoms with E-state index in [4.69, 9.17) is 5.73 Å². The van der Waals surface area contributed by atoms with Gasteiger partial charge in [0.2, 0.25) is 0 Å². The molecule has 1 aliphatic rings. The molecule has 1 aliphatic heterocycles. The molecule has 11 heteroatoms. The number of aromatic nitrogens is 3. The van der Waals surface area contributed by atoms with Crippen LogP contribution in [-0.4, -0.2) is 64.9 Å². The summed E-state index contributed by atoms with van der Waals surface area (Å²) in [5.41, 5.74) is 5.96. The van der Waals surface area contributed by atoms with Gasteiger partial charge in [0.25, 0.3) is 5.91 Å². The molecule has 0 unspecified atom stereocenters. The van der Waals surface area contributed by atoms with Crippen LogP contribution in [-0.2, 0) is 12.7 Å². The predicted octanol–water partition coefficient (Wildman–Crippen LogP) is 3.90. The summed E-state index contributed by atoms with van der Waals surface area (Å²) in [7, 11) is 6.00. The number of nitrogen functional groups attached to an aromatic ring is 1. The summed E-state index contributed by atoms with van der Waals surface area (Å²) in [4.78, 5) is 28.6. The van der Waals surface area contributed by atoms with E-state index in [0.29, 0.717) is 11.3 Å². The summed E-state index contributed by atoms with van der Waals surface area (Å²) in [6.45, 7) is 1.80. The third kappa shape index (κ3) is 8.83. The highest BCUT2D eigenvalue weighted by molar-refractivity contribution is 6.04. The molecule has 0 bridgehead atoms. The van der Waals surface area contributed by atoms with Gasteiger partial charge in [0.1, 0.15) is 11.5 Å². The molecule has 3 heterocycles. The Bertz CT molecular complexity index is 1290. The molecule has 4 rings (SSSR count). The monoisotopic (exact) mass is 525 g/mol. The van der Waals surface area contributed by atoms with E-state index in [-0.39, 0.29) is 29.2 Å². The van der Waals surface area contributed by atoms with Crippen LogP contribution in [0.4, 0.5) is 24.7 Å². The number of halogens is 3. The number of anilines is 2. The number of carbonyl (C=O) groups is 1. The Balaban J connectivity index is 0.000000934. The molecule has 0 saturated carbocycles. The topological polar surface area (TPSA) is 100 Å². The van der Waals surface area contributed by atoms with Gasteiger partial charge in [-0.25, -0.2) is 9.97 Å². The molecule has 1 fully saturated rings. The Labute approximate surface area is 220 Å². The van der Waals surface area contributed by atoms with Gasteiger partial charge < -0.3 is 16.0 Å². The maximum absolute atomic E-state index is 13.7. The zero-order valence-electron chi connectivity index (χ0n) is 21.5. The van der Waals surface area contributed by atoms with E-state index >= 15 is 0 Å². The van der Waals surface area contributed by atoms with E-state index in [1.54, 1.807) is 0 Å². The molecule has 2 aromatic heterocycles. The summed E-state index contributed by atoms with van der Waals surface area (Å²) in [5.74, 6) is 5.28. The number of benzene rings is 1. The van der Waals surface area contributed by atoms with E-state index < -0.39 is 17.6 Å². The summed E-state index contributed by atoms with van der Waals surface area (Å²) >= 11 is 0. The van der Waals surface area contributed by atoms with E-state index in [1.807, 2.05) is 30.9 Å². The fourth-order valence-corrected chi connectivity index (χ4v) is 3.61. The molecule has 200 valence electrons.